The molecule has 0 atom stereocenters. The Hall–Kier alpha value is -0.800. The summed E-state index contributed by atoms with van der Waals surface area (Å²) in [5, 5.41) is 4.11. The van der Waals surface area contributed by atoms with E-state index in [9.17, 15) is 0 Å². The lowest BCUT2D eigenvalue weighted by atomic mass is 10.2. The number of halogens is 1. The van der Waals surface area contributed by atoms with Gasteiger partial charge in [-0.05, 0) is 37.4 Å². The highest BCUT2D eigenvalue weighted by Gasteiger charge is 2.12. The van der Waals surface area contributed by atoms with Crippen LogP contribution in [0.1, 0.15) is 39.7 Å². The minimum absolute atomic E-state index is 0.601. The Bertz CT molecular complexity index is 380. The van der Waals surface area contributed by atoms with Crippen LogP contribution in [-0.2, 0) is 6.54 Å². The normalized spacial score (nSPS) is 11.1. The zero-order valence-electron chi connectivity index (χ0n) is 12.5. The van der Waals surface area contributed by atoms with Crippen LogP contribution in [0.2, 0.25) is 5.02 Å². The van der Waals surface area contributed by atoms with Crippen LogP contribution in [0.4, 0.5) is 5.82 Å². The molecule has 108 valence electrons. The van der Waals surface area contributed by atoms with Crippen molar-refractivity contribution in [3.63, 3.8) is 0 Å². The fourth-order valence-electron chi connectivity index (χ4n) is 2.02. The first kappa shape index (κ1) is 16.3. The van der Waals surface area contributed by atoms with Crippen LogP contribution in [-0.4, -0.2) is 24.6 Å². The average Bonchev–Trinajstić information content (AvgIpc) is 2.37. The molecule has 0 bridgehead atoms. The number of hydrogen-bond acceptors (Lipinski definition) is 3. The van der Waals surface area contributed by atoms with Crippen LogP contribution in [0, 0.1) is 5.92 Å². The minimum Gasteiger partial charge on any atom is -0.355 e. The quantitative estimate of drug-likeness (QED) is 0.737. The van der Waals surface area contributed by atoms with E-state index in [0.717, 1.165) is 49.0 Å². The smallest absolute Gasteiger partial charge is 0.147 e. The van der Waals surface area contributed by atoms with Gasteiger partial charge in [-0.25, -0.2) is 4.98 Å². The lowest BCUT2D eigenvalue weighted by molar-refractivity contribution is 0.614. The second kappa shape index (κ2) is 8.39. The Balaban J connectivity index is 2.74. The van der Waals surface area contributed by atoms with E-state index in [1.807, 2.05) is 12.3 Å². The average molecular weight is 284 g/mol. The Labute approximate surface area is 122 Å². The summed E-state index contributed by atoms with van der Waals surface area (Å²) in [5.74, 6) is 1.50. The van der Waals surface area contributed by atoms with E-state index in [2.05, 4.69) is 42.9 Å². The van der Waals surface area contributed by atoms with Gasteiger partial charge >= 0.3 is 0 Å². The first-order valence-electron chi connectivity index (χ1n) is 7.18. The molecule has 0 unspecified atom stereocenters. The lowest BCUT2D eigenvalue weighted by Gasteiger charge is -2.25. The van der Waals surface area contributed by atoms with Crippen molar-refractivity contribution in [2.75, 3.05) is 24.5 Å². The molecule has 0 aliphatic carbocycles. The van der Waals surface area contributed by atoms with E-state index in [0.29, 0.717) is 5.92 Å². The summed E-state index contributed by atoms with van der Waals surface area (Å²) in [6.45, 7) is 12.5. The molecule has 0 saturated heterocycles. The molecule has 0 saturated carbocycles. The van der Waals surface area contributed by atoms with Crippen LogP contribution in [0.15, 0.2) is 12.3 Å². The molecular formula is C15H26ClN3. The number of hydrogen-bond donors (Lipinski definition) is 1. The number of nitrogens with one attached hydrogen (secondary N) is 1. The van der Waals surface area contributed by atoms with Gasteiger partial charge in [-0.15, -0.1) is 0 Å². The Morgan fingerprint density at radius 1 is 1.37 bits per heavy atom. The van der Waals surface area contributed by atoms with E-state index < -0.39 is 0 Å². The molecular weight excluding hydrogens is 258 g/mol. The van der Waals surface area contributed by atoms with Crippen LogP contribution >= 0.6 is 11.6 Å². The second-order valence-corrected chi connectivity index (χ2v) is 5.67. The molecule has 0 aliphatic rings. The van der Waals surface area contributed by atoms with Gasteiger partial charge in [0.15, 0.2) is 0 Å². The summed E-state index contributed by atoms with van der Waals surface area (Å²) >= 11 is 6.37. The second-order valence-electron chi connectivity index (χ2n) is 5.26. The fourth-order valence-corrected chi connectivity index (χ4v) is 2.32. The molecule has 1 rings (SSSR count). The van der Waals surface area contributed by atoms with Gasteiger partial charge < -0.3 is 10.2 Å². The summed E-state index contributed by atoms with van der Waals surface area (Å²) in [7, 11) is 0. The highest BCUT2D eigenvalue weighted by atomic mass is 35.5. The predicted octanol–water partition coefficient (Wildman–Crippen LogP) is 3.72. The SMILES string of the molecule is CCCNCc1cnc(N(CC)CC(C)C)c(Cl)c1. The molecule has 1 N–H and O–H groups in total. The summed E-state index contributed by atoms with van der Waals surface area (Å²) < 4.78 is 0. The van der Waals surface area contributed by atoms with Crippen molar-refractivity contribution >= 4 is 17.4 Å². The summed E-state index contributed by atoms with van der Waals surface area (Å²) in [4.78, 5) is 6.77. The summed E-state index contributed by atoms with van der Waals surface area (Å²) in [6, 6.07) is 2.02. The van der Waals surface area contributed by atoms with Gasteiger partial charge in [-0.1, -0.05) is 32.4 Å². The highest BCUT2D eigenvalue weighted by Crippen LogP contribution is 2.24. The van der Waals surface area contributed by atoms with Crippen LogP contribution in [0.3, 0.4) is 0 Å². The molecule has 0 aliphatic heterocycles. The summed E-state index contributed by atoms with van der Waals surface area (Å²) in [5.41, 5.74) is 1.14. The third kappa shape index (κ3) is 5.37. The van der Waals surface area contributed by atoms with Gasteiger partial charge in [-0.3, -0.25) is 0 Å². The van der Waals surface area contributed by atoms with E-state index in [1.165, 1.54) is 0 Å². The molecule has 1 heterocycles. The van der Waals surface area contributed by atoms with E-state index in [4.69, 9.17) is 11.6 Å². The molecule has 1 aromatic heterocycles. The lowest BCUT2D eigenvalue weighted by Crippen LogP contribution is -2.28. The molecule has 0 spiro atoms. The number of rotatable bonds is 8. The van der Waals surface area contributed by atoms with Crippen LogP contribution in [0.5, 0.6) is 0 Å². The summed E-state index contributed by atoms with van der Waals surface area (Å²) in [6.07, 6.45) is 3.06. The largest absolute Gasteiger partial charge is 0.355 e. The fraction of sp³-hybridized carbons (Fsp3) is 0.667. The maximum absolute atomic E-state index is 6.37. The molecule has 4 heteroatoms. The van der Waals surface area contributed by atoms with Crippen molar-refractivity contribution in [2.24, 2.45) is 5.92 Å². The van der Waals surface area contributed by atoms with E-state index >= 15 is 0 Å². The monoisotopic (exact) mass is 283 g/mol. The van der Waals surface area contributed by atoms with Gasteiger partial charge in [0.05, 0.1) is 5.02 Å². The molecule has 0 amide bonds. The zero-order chi connectivity index (χ0) is 14.3. The van der Waals surface area contributed by atoms with Gasteiger partial charge in [0.1, 0.15) is 5.82 Å². The van der Waals surface area contributed by atoms with Crippen molar-refractivity contribution in [1.82, 2.24) is 10.3 Å². The standard InChI is InChI=1S/C15H26ClN3/c1-5-7-17-9-13-8-14(16)15(18-10-13)19(6-2)11-12(3)4/h8,10,12,17H,5-7,9,11H2,1-4H3. The Morgan fingerprint density at radius 3 is 2.63 bits per heavy atom. The van der Waals surface area contributed by atoms with E-state index in [1.54, 1.807) is 0 Å². The van der Waals surface area contributed by atoms with E-state index in [-0.39, 0.29) is 0 Å². The molecule has 0 aromatic carbocycles. The van der Waals surface area contributed by atoms with Gasteiger partial charge in [0.25, 0.3) is 0 Å². The van der Waals surface area contributed by atoms with Crippen LogP contribution < -0.4 is 10.2 Å². The van der Waals surface area contributed by atoms with Gasteiger partial charge in [0, 0.05) is 25.8 Å². The number of aromatic nitrogens is 1. The first-order valence-corrected chi connectivity index (χ1v) is 7.56. The molecule has 0 fully saturated rings. The maximum atomic E-state index is 6.37. The van der Waals surface area contributed by atoms with Crippen molar-refractivity contribution < 1.29 is 0 Å². The zero-order valence-corrected chi connectivity index (χ0v) is 13.3. The molecule has 0 radical (unpaired) electrons. The maximum Gasteiger partial charge on any atom is 0.147 e. The van der Waals surface area contributed by atoms with Gasteiger partial charge in [-0.2, -0.15) is 0 Å². The first-order chi connectivity index (χ1) is 9.08. The highest BCUT2D eigenvalue weighted by molar-refractivity contribution is 6.33. The molecule has 3 nitrogen and oxygen atoms in total. The third-order valence-electron chi connectivity index (χ3n) is 2.90. The van der Waals surface area contributed by atoms with Crippen molar-refractivity contribution in [1.29, 1.82) is 0 Å². The van der Waals surface area contributed by atoms with Crippen molar-refractivity contribution in [2.45, 2.75) is 40.7 Å². The van der Waals surface area contributed by atoms with Crippen molar-refractivity contribution in [3.8, 4) is 0 Å². The minimum atomic E-state index is 0.601. The molecule has 1 aromatic rings. The predicted molar refractivity (Wildman–Crippen MR) is 84.0 cm³/mol. The number of nitrogens with zero attached hydrogens (tertiary/aromatic N) is 2. The third-order valence-corrected chi connectivity index (χ3v) is 3.18. The number of pyridine rings is 1. The number of anilines is 1. The topological polar surface area (TPSA) is 28.2 Å². The van der Waals surface area contributed by atoms with Gasteiger partial charge in [0.2, 0.25) is 0 Å². The Morgan fingerprint density at radius 2 is 2.11 bits per heavy atom. The molecule has 19 heavy (non-hydrogen) atoms. The van der Waals surface area contributed by atoms with Crippen LogP contribution in [0.25, 0.3) is 0 Å². The van der Waals surface area contributed by atoms with Crippen molar-refractivity contribution in [3.05, 3.63) is 22.8 Å². The Kier molecular flexibility index (Phi) is 7.17.